The number of ether oxygens (including phenoxy) is 1. The zero-order valence-electron chi connectivity index (χ0n) is 11.6. The maximum absolute atomic E-state index is 12.3. The fraction of sp³-hybridized carbons (Fsp3) is 0.214. The van der Waals surface area contributed by atoms with Crippen molar-refractivity contribution in [3.8, 4) is 5.75 Å². The highest BCUT2D eigenvalue weighted by molar-refractivity contribution is 7.92. The Morgan fingerprint density at radius 1 is 1.24 bits per heavy atom. The minimum atomic E-state index is -3.71. The van der Waals surface area contributed by atoms with Crippen molar-refractivity contribution < 1.29 is 13.2 Å². The summed E-state index contributed by atoms with van der Waals surface area (Å²) >= 11 is 0. The molecule has 0 bridgehead atoms. The summed E-state index contributed by atoms with van der Waals surface area (Å²) in [4.78, 5) is 4.06. The summed E-state index contributed by atoms with van der Waals surface area (Å²) in [5.74, 6) is 0.482. The van der Waals surface area contributed by atoms with E-state index in [4.69, 9.17) is 10.5 Å². The number of nitrogens with two attached hydrogens (primary N) is 1. The van der Waals surface area contributed by atoms with Crippen LogP contribution in [-0.2, 0) is 16.6 Å². The third-order valence-corrected chi connectivity index (χ3v) is 4.10. The average molecular weight is 307 g/mol. The Morgan fingerprint density at radius 2 is 2.00 bits per heavy atom. The van der Waals surface area contributed by atoms with Gasteiger partial charge < -0.3 is 10.5 Å². The topological polar surface area (TPSA) is 94.3 Å². The van der Waals surface area contributed by atoms with E-state index >= 15 is 0 Å². The monoisotopic (exact) mass is 307 g/mol. The molecule has 0 aliphatic heterocycles. The minimum absolute atomic E-state index is 0.0750. The fourth-order valence-corrected chi connectivity index (χ4v) is 2.74. The lowest BCUT2D eigenvalue weighted by Gasteiger charge is -2.12. The Bertz CT molecular complexity index is 700. The predicted molar refractivity (Wildman–Crippen MR) is 80.5 cm³/mol. The molecule has 0 atom stereocenters. The van der Waals surface area contributed by atoms with Gasteiger partial charge in [0.2, 0.25) is 0 Å². The van der Waals surface area contributed by atoms with Crippen LogP contribution >= 0.6 is 0 Å². The standard InChI is InChI=1S/C14H17N3O3S/c1-2-20-14-6-4-3-5-13(14)17-21(18,19)12-8-7-11(9-15)16-10-12/h3-8,10,17H,2,9,15H2,1H3. The van der Waals surface area contributed by atoms with Gasteiger partial charge in [-0.25, -0.2) is 8.42 Å². The van der Waals surface area contributed by atoms with Gasteiger partial charge in [0.15, 0.2) is 0 Å². The van der Waals surface area contributed by atoms with Gasteiger partial charge in [-0.15, -0.1) is 0 Å². The molecule has 0 aliphatic rings. The van der Waals surface area contributed by atoms with E-state index in [0.29, 0.717) is 23.7 Å². The molecule has 1 aromatic heterocycles. The number of rotatable bonds is 6. The van der Waals surface area contributed by atoms with Gasteiger partial charge >= 0.3 is 0 Å². The van der Waals surface area contributed by atoms with Gasteiger partial charge in [-0.3, -0.25) is 9.71 Å². The van der Waals surface area contributed by atoms with Crippen LogP contribution in [0.4, 0.5) is 5.69 Å². The normalized spacial score (nSPS) is 11.1. The summed E-state index contributed by atoms with van der Waals surface area (Å²) in [6.45, 7) is 2.55. The number of nitrogens with one attached hydrogen (secondary N) is 1. The van der Waals surface area contributed by atoms with Gasteiger partial charge in [-0.05, 0) is 31.2 Å². The molecule has 0 saturated carbocycles. The number of nitrogens with zero attached hydrogens (tertiary/aromatic N) is 1. The Labute approximate surface area is 124 Å². The smallest absolute Gasteiger partial charge is 0.263 e. The predicted octanol–water partition coefficient (Wildman–Crippen LogP) is 1.74. The second kappa shape index (κ2) is 6.55. The molecule has 7 heteroatoms. The second-order valence-electron chi connectivity index (χ2n) is 4.22. The van der Waals surface area contributed by atoms with Crippen molar-refractivity contribution >= 4 is 15.7 Å². The molecule has 0 fully saturated rings. The molecule has 2 rings (SSSR count). The molecule has 0 spiro atoms. The first-order valence-electron chi connectivity index (χ1n) is 6.46. The van der Waals surface area contributed by atoms with Crippen LogP contribution in [0.3, 0.4) is 0 Å². The molecular formula is C14H17N3O3S. The van der Waals surface area contributed by atoms with E-state index in [1.54, 1.807) is 30.3 Å². The van der Waals surface area contributed by atoms with E-state index in [0.717, 1.165) is 0 Å². The number of pyridine rings is 1. The average Bonchev–Trinajstić information content (AvgIpc) is 2.49. The third kappa shape index (κ3) is 3.71. The first kappa shape index (κ1) is 15.3. The highest BCUT2D eigenvalue weighted by atomic mass is 32.2. The largest absolute Gasteiger partial charge is 0.492 e. The SMILES string of the molecule is CCOc1ccccc1NS(=O)(=O)c1ccc(CN)nc1. The van der Waals surface area contributed by atoms with Crippen molar-refractivity contribution in [1.82, 2.24) is 4.98 Å². The van der Waals surface area contributed by atoms with Gasteiger partial charge in [0, 0.05) is 12.7 Å². The van der Waals surface area contributed by atoms with E-state index < -0.39 is 10.0 Å². The number of anilines is 1. The van der Waals surface area contributed by atoms with Gasteiger partial charge in [-0.1, -0.05) is 12.1 Å². The Hall–Kier alpha value is -2.12. The number of para-hydroxylation sites is 2. The highest BCUT2D eigenvalue weighted by Crippen LogP contribution is 2.26. The van der Waals surface area contributed by atoms with Crippen LogP contribution in [-0.4, -0.2) is 20.0 Å². The van der Waals surface area contributed by atoms with E-state index in [-0.39, 0.29) is 11.4 Å². The molecule has 0 aliphatic carbocycles. The fourth-order valence-electron chi connectivity index (χ4n) is 1.73. The molecule has 0 radical (unpaired) electrons. The van der Waals surface area contributed by atoms with Crippen LogP contribution in [0.15, 0.2) is 47.5 Å². The first-order valence-corrected chi connectivity index (χ1v) is 7.94. The van der Waals surface area contributed by atoms with Crippen molar-refractivity contribution in [2.24, 2.45) is 5.73 Å². The molecule has 2 aromatic rings. The van der Waals surface area contributed by atoms with Crippen LogP contribution in [0.1, 0.15) is 12.6 Å². The van der Waals surface area contributed by atoms with E-state index in [1.807, 2.05) is 6.92 Å². The zero-order valence-corrected chi connectivity index (χ0v) is 12.4. The molecule has 0 amide bonds. The molecule has 3 N–H and O–H groups in total. The lowest BCUT2D eigenvalue weighted by Crippen LogP contribution is -2.14. The van der Waals surface area contributed by atoms with E-state index in [9.17, 15) is 8.42 Å². The summed E-state index contributed by atoms with van der Waals surface area (Å²) in [7, 11) is -3.71. The molecular weight excluding hydrogens is 290 g/mol. The van der Waals surface area contributed by atoms with E-state index in [1.165, 1.54) is 12.3 Å². The molecule has 0 unspecified atom stereocenters. The van der Waals surface area contributed by atoms with Crippen molar-refractivity contribution in [2.45, 2.75) is 18.4 Å². The number of aromatic nitrogens is 1. The van der Waals surface area contributed by atoms with Crippen LogP contribution in [0.25, 0.3) is 0 Å². The van der Waals surface area contributed by atoms with E-state index in [2.05, 4.69) is 9.71 Å². The molecule has 6 nitrogen and oxygen atoms in total. The van der Waals surface area contributed by atoms with Gasteiger partial charge in [0.05, 0.1) is 18.0 Å². The highest BCUT2D eigenvalue weighted by Gasteiger charge is 2.16. The Morgan fingerprint density at radius 3 is 2.62 bits per heavy atom. The van der Waals surface area contributed by atoms with Crippen molar-refractivity contribution in [1.29, 1.82) is 0 Å². The molecule has 1 aromatic carbocycles. The lowest BCUT2D eigenvalue weighted by atomic mass is 10.3. The third-order valence-electron chi connectivity index (χ3n) is 2.75. The zero-order chi connectivity index (χ0) is 15.3. The van der Waals surface area contributed by atoms with Crippen molar-refractivity contribution in [3.63, 3.8) is 0 Å². The number of hydrogen-bond donors (Lipinski definition) is 2. The summed E-state index contributed by atoms with van der Waals surface area (Å²) < 4.78 is 32.5. The molecule has 112 valence electrons. The maximum Gasteiger partial charge on any atom is 0.263 e. The van der Waals surface area contributed by atoms with Crippen LogP contribution in [0, 0.1) is 0 Å². The first-order chi connectivity index (χ1) is 10.1. The number of benzene rings is 1. The van der Waals surface area contributed by atoms with Crippen LogP contribution in [0.2, 0.25) is 0 Å². The molecule has 21 heavy (non-hydrogen) atoms. The maximum atomic E-state index is 12.3. The summed E-state index contributed by atoms with van der Waals surface area (Å²) in [5.41, 5.74) is 6.46. The minimum Gasteiger partial charge on any atom is -0.492 e. The molecule has 1 heterocycles. The lowest BCUT2D eigenvalue weighted by molar-refractivity contribution is 0.342. The van der Waals surface area contributed by atoms with Gasteiger partial charge in [-0.2, -0.15) is 0 Å². The van der Waals surface area contributed by atoms with Crippen LogP contribution in [0.5, 0.6) is 5.75 Å². The quantitative estimate of drug-likeness (QED) is 0.847. The van der Waals surface area contributed by atoms with Crippen LogP contribution < -0.4 is 15.2 Å². The summed E-state index contributed by atoms with van der Waals surface area (Å²) in [6.07, 6.45) is 1.29. The number of sulfonamides is 1. The Kier molecular flexibility index (Phi) is 4.77. The van der Waals surface area contributed by atoms with Crippen molar-refractivity contribution in [2.75, 3.05) is 11.3 Å². The van der Waals surface area contributed by atoms with Gasteiger partial charge in [0.1, 0.15) is 10.6 Å². The molecule has 0 saturated heterocycles. The van der Waals surface area contributed by atoms with Crippen molar-refractivity contribution in [3.05, 3.63) is 48.3 Å². The Balaban J connectivity index is 2.28. The summed E-state index contributed by atoms with van der Waals surface area (Å²) in [6, 6.07) is 9.92. The second-order valence-corrected chi connectivity index (χ2v) is 5.91. The number of hydrogen-bond acceptors (Lipinski definition) is 5. The summed E-state index contributed by atoms with van der Waals surface area (Å²) in [5, 5.41) is 0. The van der Waals surface area contributed by atoms with Gasteiger partial charge in [0.25, 0.3) is 10.0 Å².